The first kappa shape index (κ1) is 7.43. The van der Waals surface area contributed by atoms with Crippen molar-refractivity contribution in [1.29, 1.82) is 0 Å². The molecule has 0 fully saturated rings. The second kappa shape index (κ2) is 4.59. The van der Waals surface area contributed by atoms with E-state index in [4.69, 9.17) is 10.3 Å². The van der Waals surface area contributed by atoms with Crippen molar-refractivity contribution >= 4 is 5.71 Å². The molecule has 0 saturated carbocycles. The van der Waals surface area contributed by atoms with Crippen LogP contribution in [-0.4, -0.2) is 22.6 Å². The van der Waals surface area contributed by atoms with E-state index in [0.29, 0.717) is 18.6 Å². The zero-order valence-electron chi connectivity index (χ0n) is 4.96. The highest BCUT2D eigenvalue weighted by Crippen LogP contribution is 1.89. The Morgan fingerprint density at radius 1 is 1.62 bits per heavy atom. The van der Waals surface area contributed by atoms with Crippen LogP contribution in [0.4, 0.5) is 0 Å². The zero-order chi connectivity index (χ0) is 6.41. The maximum absolute atomic E-state index is 8.27. The van der Waals surface area contributed by atoms with Gasteiger partial charge in [-0.25, -0.2) is 0 Å². The Kier molecular flexibility index (Phi) is 4.26. The highest BCUT2D eigenvalue weighted by Gasteiger charge is 1.88. The molecule has 0 aliphatic heterocycles. The Balaban J connectivity index is 3.12. The van der Waals surface area contributed by atoms with Crippen LogP contribution in [0.2, 0.25) is 0 Å². The van der Waals surface area contributed by atoms with Gasteiger partial charge < -0.3 is 10.3 Å². The summed E-state index contributed by atoms with van der Waals surface area (Å²) in [7, 11) is 0. The number of hydrogen-bond acceptors (Lipinski definition) is 3. The Morgan fingerprint density at radius 2 is 2.25 bits per heavy atom. The summed E-state index contributed by atoms with van der Waals surface area (Å²) in [6.45, 7) is 1.88. The average Bonchev–Trinajstić information content (AvgIpc) is 1.83. The third-order valence-corrected chi connectivity index (χ3v) is 0.867. The molecular formula is C5H11NO2. The van der Waals surface area contributed by atoms with E-state index in [1.807, 2.05) is 0 Å². The summed E-state index contributed by atoms with van der Waals surface area (Å²) in [4.78, 5) is 0. The van der Waals surface area contributed by atoms with Crippen LogP contribution in [0, 0.1) is 0 Å². The highest BCUT2D eigenvalue weighted by molar-refractivity contribution is 5.81. The molecule has 0 aromatic heterocycles. The molecule has 0 heterocycles. The Bertz CT molecular complexity index is 80.5. The van der Waals surface area contributed by atoms with Crippen LogP contribution in [-0.2, 0) is 0 Å². The van der Waals surface area contributed by atoms with E-state index < -0.39 is 0 Å². The van der Waals surface area contributed by atoms with Crippen LogP contribution in [0.5, 0.6) is 0 Å². The van der Waals surface area contributed by atoms with E-state index >= 15 is 0 Å². The smallest absolute Gasteiger partial charge is 0.0540 e. The van der Waals surface area contributed by atoms with Crippen LogP contribution >= 0.6 is 0 Å². The van der Waals surface area contributed by atoms with Crippen molar-refractivity contribution in [3.05, 3.63) is 0 Å². The van der Waals surface area contributed by atoms with Gasteiger partial charge in [-0.15, -0.1) is 0 Å². The number of aliphatic hydroxyl groups excluding tert-OH is 1. The van der Waals surface area contributed by atoms with Crippen molar-refractivity contribution < 1.29 is 10.3 Å². The third kappa shape index (κ3) is 3.61. The maximum atomic E-state index is 8.27. The summed E-state index contributed by atoms with van der Waals surface area (Å²) in [5.41, 5.74) is 0.666. The minimum absolute atomic E-state index is 0.160. The van der Waals surface area contributed by atoms with Crippen molar-refractivity contribution in [1.82, 2.24) is 0 Å². The molecule has 0 unspecified atom stereocenters. The largest absolute Gasteiger partial charge is 0.411 e. The summed E-state index contributed by atoms with van der Waals surface area (Å²) in [5, 5.41) is 19.3. The van der Waals surface area contributed by atoms with E-state index in [9.17, 15) is 0 Å². The van der Waals surface area contributed by atoms with Crippen LogP contribution in [0.15, 0.2) is 5.16 Å². The molecule has 0 amide bonds. The van der Waals surface area contributed by atoms with Gasteiger partial charge in [-0.3, -0.25) is 0 Å². The molecule has 0 saturated heterocycles. The lowest BCUT2D eigenvalue weighted by Gasteiger charge is -1.91. The van der Waals surface area contributed by atoms with Gasteiger partial charge in [-0.2, -0.15) is 0 Å². The topological polar surface area (TPSA) is 52.8 Å². The van der Waals surface area contributed by atoms with Gasteiger partial charge in [-0.05, 0) is 19.8 Å². The first-order valence-corrected chi connectivity index (χ1v) is 2.59. The molecule has 8 heavy (non-hydrogen) atoms. The second-order valence-electron chi connectivity index (χ2n) is 1.66. The summed E-state index contributed by atoms with van der Waals surface area (Å²) >= 11 is 0. The molecule has 3 heteroatoms. The van der Waals surface area contributed by atoms with E-state index in [2.05, 4.69) is 5.16 Å². The molecular weight excluding hydrogens is 106 g/mol. The minimum Gasteiger partial charge on any atom is -0.411 e. The molecule has 48 valence electrons. The minimum atomic E-state index is 0.160. The summed E-state index contributed by atoms with van der Waals surface area (Å²) in [6, 6.07) is 0. The van der Waals surface area contributed by atoms with Crippen molar-refractivity contribution in [2.24, 2.45) is 5.16 Å². The third-order valence-electron chi connectivity index (χ3n) is 0.867. The highest BCUT2D eigenvalue weighted by atomic mass is 16.4. The Hall–Kier alpha value is -0.570. The fourth-order valence-electron chi connectivity index (χ4n) is 0.385. The predicted molar refractivity (Wildman–Crippen MR) is 31.2 cm³/mol. The fourth-order valence-corrected chi connectivity index (χ4v) is 0.385. The number of hydrogen-bond donors (Lipinski definition) is 2. The Labute approximate surface area is 48.6 Å². The van der Waals surface area contributed by atoms with Gasteiger partial charge in [0.25, 0.3) is 0 Å². The molecule has 0 atom stereocenters. The van der Waals surface area contributed by atoms with E-state index in [0.717, 1.165) is 0 Å². The SMILES string of the molecule is C/C(CCCO)=N\O. The first-order chi connectivity index (χ1) is 3.81. The fraction of sp³-hybridized carbons (Fsp3) is 0.800. The van der Waals surface area contributed by atoms with Crippen molar-refractivity contribution in [3.63, 3.8) is 0 Å². The molecule has 0 bridgehead atoms. The van der Waals surface area contributed by atoms with Gasteiger partial charge in [0.15, 0.2) is 0 Å². The number of oxime groups is 1. The second-order valence-corrected chi connectivity index (χ2v) is 1.66. The van der Waals surface area contributed by atoms with Gasteiger partial charge in [0.2, 0.25) is 0 Å². The molecule has 0 aromatic rings. The van der Waals surface area contributed by atoms with E-state index in [1.165, 1.54) is 0 Å². The normalized spacial score (nSPS) is 12.0. The first-order valence-electron chi connectivity index (χ1n) is 2.59. The summed E-state index contributed by atoms with van der Waals surface area (Å²) in [6.07, 6.45) is 1.35. The quantitative estimate of drug-likeness (QED) is 0.323. The van der Waals surface area contributed by atoms with Crippen LogP contribution in [0.1, 0.15) is 19.8 Å². The number of aliphatic hydroxyl groups is 1. The van der Waals surface area contributed by atoms with Crippen molar-refractivity contribution in [2.45, 2.75) is 19.8 Å². The van der Waals surface area contributed by atoms with Gasteiger partial charge in [0, 0.05) is 6.61 Å². The van der Waals surface area contributed by atoms with Gasteiger partial charge in [-0.1, -0.05) is 5.16 Å². The van der Waals surface area contributed by atoms with Crippen molar-refractivity contribution in [3.8, 4) is 0 Å². The zero-order valence-corrected chi connectivity index (χ0v) is 4.96. The van der Waals surface area contributed by atoms with Crippen molar-refractivity contribution in [2.75, 3.05) is 6.61 Å². The molecule has 3 nitrogen and oxygen atoms in total. The lowest BCUT2D eigenvalue weighted by atomic mass is 10.2. The summed E-state index contributed by atoms with van der Waals surface area (Å²) in [5.74, 6) is 0. The lowest BCUT2D eigenvalue weighted by Crippen LogP contribution is -1.92. The van der Waals surface area contributed by atoms with Gasteiger partial charge in [0.05, 0.1) is 5.71 Å². The van der Waals surface area contributed by atoms with Gasteiger partial charge >= 0.3 is 0 Å². The molecule has 0 rings (SSSR count). The monoisotopic (exact) mass is 117 g/mol. The summed E-state index contributed by atoms with van der Waals surface area (Å²) < 4.78 is 0. The maximum Gasteiger partial charge on any atom is 0.0540 e. The molecule has 0 aliphatic carbocycles. The van der Waals surface area contributed by atoms with E-state index in [1.54, 1.807) is 6.92 Å². The lowest BCUT2D eigenvalue weighted by molar-refractivity contribution is 0.288. The standard InChI is InChI=1S/C5H11NO2/c1-5(6-8)3-2-4-7/h7-8H,2-4H2,1H3/b6-5+. The van der Waals surface area contributed by atoms with E-state index in [-0.39, 0.29) is 6.61 Å². The van der Waals surface area contributed by atoms with Crippen LogP contribution in [0.3, 0.4) is 0 Å². The van der Waals surface area contributed by atoms with Gasteiger partial charge in [0.1, 0.15) is 0 Å². The molecule has 0 spiro atoms. The molecule has 0 aliphatic rings. The molecule has 0 radical (unpaired) electrons. The Morgan fingerprint density at radius 3 is 2.62 bits per heavy atom. The molecule has 0 aromatic carbocycles. The molecule has 2 N–H and O–H groups in total. The number of rotatable bonds is 3. The average molecular weight is 117 g/mol. The van der Waals surface area contributed by atoms with Crippen LogP contribution < -0.4 is 0 Å². The van der Waals surface area contributed by atoms with Crippen LogP contribution in [0.25, 0.3) is 0 Å². The number of nitrogens with zero attached hydrogens (tertiary/aromatic N) is 1. The predicted octanol–water partition coefficient (Wildman–Crippen LogP) is 0.609.